The normalized spacial score (nSPS) is 18.8. The summed E-state index contributed by atoms with van der Waals surface area (Å²) in [5.74, 6) is -0.192. The summed E-state index contributed by atoms with van der Waals surface area (Å²) in [5, 5.41) is 0.652. The number of ether oxygens (including phenoxy) is 1. The molecule has 2 aromatic carbocycles. The van der Waals surface area contributed by atoms with Crippen LogP contribution in [0, 0.1) is 13.8 Å². The lowest BCUT2D eigenvalue weighted by atomic mass is 10.1. The molecule has 4 rings (SSSR count). The van der Waals surface area contributed by atoms with E-state index in [2.05, 4.69) is 31.7 Å². The Kier molecular flexibility index (Phi) is 8.89. The molecule has 10 heteroatoms. The summed E-state index contributed by atoms with van der Waals surface area (Å²) < 4.78 is 34.8. The minimum atomic E-state index is -3.69. The fraction of sp³-hybridized carbons (Fsp3) is 0.500. The largest absolute Gasteiger partial charge is 0.373 e. The fourth-order valence-corrected chi connectivity index (χ4v) is 7.58. The molecule has 1 saturated heterocycles. The van der Waals surface area contributed by atoms with Gasteiger partial charge in [-0.3, -0.25) is 9.69 Å². The van der Waals surface area contributed by atoms with Crippen LogP contribution < -0.4 is 4.90 Å². The van der Waals surface area contributed by atoms with Crippen molar-refractivity contribution in [3.63, 3.8) is 0 Å². The van der Waals surface area contributed by atoms with E-state index in [1.165, 1.54) is 27.8 Å². The Morgan fingerprint density at radius 3 is 2.29 bits per heavy atom. The highest BCUT2D eigenvalue weighted by molar-refractivity contribution is 7.89. The molecule has 1 fully saturated rings. The molecule has 1 aliphatic heterocycles. The molecule has 1 aliphatic rings. The van der Waals surface area contributed by atoms with E-state index < -0.39 is 10.0 Å². The number of aryl methyl sites for hydroxylation is 2. The maximum atomic E-state index is 13.8. The van der Waals surface area contributed by atoms with Gasteiger partial charge in [-0.2, -0.15) is 4.31 Å². The van der Waals surface area contributed by atoms with Gasteiger partial charge in [-0.05, 0) is 82.2 Å². The Morgan fingerprint density at radius 1 is 1.05 bits per heavy atom. The molecule has 2 atom stereocenters. The first-order valence-corrected chi connectivity index (χ1v) is 15.5. The van der Waals surface area contributed by atoms with Crippen molar-refractivity contribution in [2.24, 2.45) is 0 Å². The molecule has 0 bridgehead atoms. The maximum Gasteiger partial charge on any atom is 0.260 e. The number of fused-ring (bicyclic) bond motifs is 1. The van der Waals surface area contributed by atoms with Crippen molar-refractivity contribution in [1.82, 2.24) is 14.2 Å². The zero-order valence-electron chi connectivity index (χ0n) is 23.1. The molecule has 2 heterocycles. The van der Waals surface area contributed by atoms with Gasteiger partial charge in [0.25, 0.3) is 5.91 Å². The van der Waals surface area contributed by atoms with Crippen LogP contribution in [0.25, 0.3) is 10.2 Å². The van der Waals surface area contributed by atoms with Crippen LogP contribution in [0.5, 0.6) is 0 Å². The number of nitrogens with zero attached hydrogens (tertiary/aromatic N) is 4. The van der Waals surface area contributed by atoms with E-state index in [0.29, 0.717) is 36.9 Å². The summed E-state index contributed by atoms with van der Waals surface area (Å²) in [5.41, 5.74) is 3.59. The third-order valence-electron chi connectivity index (χ3n) is 6.94. The first-order valence-electron chi connectivity index (χ1n) is 13.2. The molecule has 1 amide bonds. The van der Waals surface area contributed by atoms with Crippen molar-refractivity contribution in [1.29, 1.82) is 0 Å². The minimum absolute atomic E-state index is 0.171. The fourth-order valence-electron chi connectivity index (χ4n) is 4.95. The van der Waals surface area contributed by atoms with Crippen molar-refractivity contribution < 1.29 is 17.9 Å². The number of thiazole rings is 1. The quantitative estimate of drug-likeness (QED) is 0.379. The summed E-state index contributed by atoms with van der Waals surface area (Å²) >= 11 is 1.52. The van der Waals surface area contributed by atoms with Crippen molar-refractivity contribution >= 4 is 42.6 Å². The standard InChI is InChI=1S/C28H38N4O4S2/c1-7-30(8-2)13-14-32(28-29-25-16-19(3)15-20(4)26(25)37-28)27(33)23-9-11-24(12-10-23)38(34,35)31-17-21(5)36-22(6)18-31/h9-12,15-16,21-22H,7-8,13-14,17-18H2,1-6H3. The van der Waals surface area contributed by atoms with Crippen LogP contribution in [-0.2, 0) is 14.8 Å². The van der Waals surface area contributed by atoms with E-state index in [0.717, 1.165) is 34.4 Å². The van der Waals surface area contributed by atoms with E-state index in [9.17, 15) is 13.2 Å². The third-order valence-corrected chi connectivity index (χ3v) is 10.0. The minimum Gasteiger partial charge on any atom is -0.373 e. The highest BCUT2D eigenvalue weighted by Crippen LogP contribution is 2.33. The summed E-state index contributed by atoms with van der Waals surface area (Å²) in [7, 11) is -3.69. The lowest BCUT2D eigenvalue weighted by Gasteiger charge is -2.34. The summed E-state index contributed by atoms with van der Waals surface area (Å²) in [6, 6.07) is 10.4. The topological polar surface area (TPSA) is 83.1 Å². The third kappa shape index (κ3) is 6.10. The van der Waals surface area contributed by atoms with Crippen LogP contribution in [0.2, 0.25) is 0 Å². The van der Waals surface area contributed by atoms with Gasteiger partial charge in [0.2, 0.25) is 10.0 Å². The van der Waals surface area contributed by atoms with Crippen LogP contribution in [0.4, 0.5) is 5.13 Å². The monoisotopic (exact) mass is 558 g/mol. The number of sulfonamides is 1. The second-order valence-electron chi connectivity index (χ2n) is 10.0. The molecule has 0 spiro atoms. The Morgan fingerprint density at radius 2 is 1.68 bits per heavy atom. The van der Waals surface area contributed by atoms with E-state index in [4.69, 9.17) is 9.72 Å². The van der Waals surface area contributed by atoms with Gasteiger partial charge in [-0.15, -0.1) is 0 Å². The number of likely N-dealkylation sites (N-methyl/N-ethyl adjacent to an activating group) is 1. The Bertz CT molecular complexity index is 1370. The number of aromatic nitrogens is 1. The number of amides is 1. The van der Waals surface area contributed by atoms with Crippen LogP contribution >= 0.6 is 11.3 Å². The van der Waals surface area contributed by atoms with E-state index in [1.54, 1.807) is 17.0 Å². The average molecular weight is 559 g/mol. The highest BCUT2D eigenvalue weighted by Gasteiger charge is 2.32. The van der Waals surface area contributed by atoms with Crippen molar-refractivity contribution in [2.75, 3.05) is 44.2 Å². The number of anilines is 1. The lowest BCUT2D eigenvalue weighted by molar-refractivity contribution is -0.0440. The Balaban J connectivity index is 1.63. The molecule has 206 valence electrons. The van der Waals surface area contributed by atoms with Gasteiger partial charge in [0.1, 0.15) is 0 Å². The molecule has 0 radical (unpaired) electrons. The maximum absolute atomic E-state index is 13.8. The van der Waals surface area contributed by atoms with Crippen molar-refractivity contribution in [3.05, 3.63) is 53.1 Å². The number of hydrogen-bond donors (Lipinski definition) is 0. The molecular weight excluding hydrogens is 520 g/mol. The van der Waals surface area contributed by atoms with Crippen LogP contribution in [0.15, 0.2) is 41.3 Å². The molecule has 3 aromatic rings. The SMILES string of the molecule is CCN(CC)CCN(C(=O)c1ccc(S(=O)(=O)N2CC(C)OC(C)C2)cc1)c1nc2cc(C)cc(C)c2s1. The molecule has 38 heavy (non-hydrogen) atoms. The number of morpholine rings is 1. The predicted octanol–water partition coefficient (Wildman–Crippen LogP) is 4.70. The number of carbonyl (C=O) groups excluding carboxylic acids is 1. The number of hydrogen-bond acceptors (Lipinski definition) is 7. The van der Waals surface area contributed by atoms with Gasteiger partial charge < -0.3 is 9.64 Å². The van der Waals surface area contributed by atoms with Gasteiger partial charge in [-0.25, -0.2) is 13.4 Å². The lowest BCUT2D eigenvalue weighted by Crippen LogP contribution is -2.48. The molecular formula is C28H38N4O4S2. The number of rotatable bonds is 9. The Hall–Kier alpha value is -2.37. The first-order chi connectivity index (χ1) is 18.0. The summed E-state index contributed by atoms with van der Waals surface area (Å²) in [6.07, 6.45) is -0.343. The second-order valence-corrected chi connectivity index (χ2v) is 12.9. The van der Waals surface area contributed by atoms with Gasteiger partial charge >= 0.3 is 0 Å². The van der Waals surface area contributed by atoms with E-state index >= 15 is 0 Å². The van der Waals surface area contributed by atoms with Crippen LogP contribution in [-0.4, -0.2) is 80.0 Å². The first kappa shape index (κ1) is 28.6. The molecule has 8 nitrogen and oxygen atoms in total. The highest BCUT2D eigenvalue weighted by atomic mass is 32.2. The van der Waals surface area contributed by atoms with Gasteiger partial charge in [-0.1, -0.05) is 31.3 Å². The zero-order valence-corrected chi connectivity index (χ0v) is 24.7. The Labute approximate surface area is 230 Å². The van der Waals surface area contributed by atoms with Crippen molar-refractivity contribution in [3.8, 4) is 0 Å². The number of benzene rings is 2. The van der Waals surface area contributed by atoms with Gasteiger partial charge in [0.05, 0.1) is 27.3 Å². The van der Waals surface area contributed by atoms with Crippen molar-refractivity contribution in [2.45, 2.75) is 58.6 Å². The molecule has 1 aromatic heterocycles. The van der Waals surface area contributed by atoms with E-state index in [-0.39, 0.29) is 23.0 Å². The molecule has 0 aliphatic carbocycles. The van der Waals surface area contributed by atoms with Gasteiger partial charge in [0.15, 0.2) is 5.13 Å². The van der Waals surface area contributed by atoms with E-state index in [1.807, 2.05) is 26.8 Å². The summed E-state index contributed by atoms with van der Waals surface area (Å²) in [6.45, 7) is 15.7. The molecule has 0 N–H and O–H groups in total. The van der Waals surface area contributed by atoms with Crippen LogP contribution in [0.3, 0.4) is 0 Å². The zero-order chi connectivity index (χ0) is 27.6. The van der Waals surface area contributed by atoms with Crippen LogP contribution in [0.1, 0.15) is 49.2 Å². The smallest absolute Gasteiger partial charge is 0.260 e. The average Bonchev–Trinajstić information content (AvgIpc) is 3.30. The number of carbonyl (C=O) groups is 1. The van der Waals surface area contributed by atoms with Gasteiger partial charge in [0, 0.05) is 31.7 Å². The molecule has 2 unspecified atom stereocenters. The second kappa shape index (κ2) is 11.8. The summed E-state index contributed by atoms with van der Waals surface area (Å²) in [4.78, 5) is 22.8. The molecule has 0 saturated carbocycles. The predicted molar refractivity (Wildman–Crippen MR) is 154 cm³/mol.